The van der Waals surface area contributed by atoms with Crippen molar-refractivity contribution < 1.29 is 19.1 Å². The Bertz CT molecular complexity index is 1010. The topological polar surface area (TPSA) is 102 Å². The largest absolute Gasteiger partial charge is 0.486 e. The number of anilines is 2. The fourth-order valence-corrected chi connectivity index (χ4v) is 3.74. The number of nitrogens with zero attached hydrogens (tertiary/aromatic N) is 2. The van der Waals surface area contributed by atoms with E-state index in [1.807, 2.05) is 5.38 Å². The van der Waals surface area contributed by atoms with E-state index >= 15 is 0 Å². The van der Waals surface area contributed by atoms with E-state index in [1.54, 1.807) is 42.5 Å². The zero-order valence-electron chi connectivity index (χ0n) is 15.1. The van der Waals surface area contributed by atoms with Crippen LogP contribution >= 0.6 is 23.1 Å². The monoisotopic (exact) mass is 428 g/mol. The molecule has 2 N–H and O–H groups in total. The Balaban J connectivity index is 1.27. The molecule has 2 amide bonds. The molecule has 0 bridgehead atoms. The first kappa shape index (κ1) is 19.2. The van der Waals surface area contributed by atoms with Gasteiger partial charge in [0.1, 0.15) is 18.2 Å². The summed E-state index contributed by atoms with van der Waals surface area (Å²) >= 11 is 2.60. The van der Waals surface area contributed by atoms with Crippen molar-refractivity contribution in [3.63, 3.8) is 0 Å². The Hall–Kier alpha value is -3.11. The molecule has 10 heteroatoms. The maximum Gasteiger partial charge on any atom is 0.266 e. The lowest BCUT2D eigenvalue weighted by Crippen LogP contribution is -2.17. The van der Waals surface area contributed by atoms with Crippen LogP contribution in [-0.4, -0.2) is 41.0 Å². The van der Waals surface area contributed by atoms with Crippen molar-refractivity contribution in [1.29, 1.82) is 0 Å². The summed E-state index contributed by atoms with van der Waals surface area (Å²) in [5.74, 6) is 1.41. The third kappa shape index (κ3) is 5.04. The lowest BCUT2D eigenvalue weighted by molar-refractivity contribution is -0.113. The standard InChI is InChI=1S/C19H16N4O4S2/c24-17(20-12-3-4-13-14(10-12)27-8-7-26-13)11-29-18-6-5-16(22-23-18)21-19(25)15-2-1-9-28-15/h1-6,9-10H,7-8,11H2,(H,20,24)(H,21,22,25). The van der Waals surface area contributed by atoms with Crippen LogP contribution in [0.1, 0.15) is 9.67 Å². The van der Waals surface area contributed by atoms with Crippen molar-refractivity contribution in [2.45, 2.75) is 5.03 Å². The first-order chi connectivity index (χ1) is 14.2. The number of rotatable bonds is 6. The minimum absolute atomic E-state index is 0.171. The van der Waals surface area contributed by atoms with Gasteiger partial charge in [-0.3, -0.25) is 9.59 Å². The number of thiophene rings is 1. The van der Waals surface area contributed by atoms with Crippen molar-refractivity contribution in [2.75, 3.05) is 29.6 Å². The van der Waals surface area contributed by atoms with Crippen LogP contribution in [0.25, 0.3) is 0 Å². The normalized spacial score (nSPS) is 12.3. The number of ether oxygens (including phenoxy) is 2. The zero-order chi connectivity index (χ0) is 20.1. The third-order valence-corrected chi connectivity index (χ3v) is 5.59. The molecule has 8 nitrogen and oxygen atoms in total. The lowest BCUT2D eigenvalue weighted by atomic mass is 10.2. The highest BCUT2D eigenvalue weighted by Crippen LogP contribution is 2.32. The second-order valence-corrected chi connectivity index (χ2v) is 7.83. The van der Waals surface area contributed by atoms with Gasteiger partial charge >= 0.3 is 0 Å². The van der Waals surface area contributed by atoms with Crippen LogP contribution in [0.3, 0.4) is 0 Å². The minimum Gasteiger partial charge on any atom is -0.486 e. The molecule has 1 aliphatic rings. The van der Waals surface area contributed by atoms with E-state index in [-0.39, 0.29) is 17.6 Å². The molecule has 0 fully saturated rings. The number of fused-ring (bicyclic) bond motifs is 1. The van der Waals surface area contributed by atoms with Gasteiger partial charge in [0.25, 0.3) is 5.91 Å². The molecule has 3 heterocycles. The van der Waals surface area contributed by atoms with Gasteiger partial charge in [-0.25, -0.2) is 0 Å². The Labute approximate surface area is 174 Å². The Morgan fingerprint density at radius 3 is 2.66 bits per heavy atom. The van der Waals surface area contributed by atoms with Crippen LogP contribution in [0.2, 0.25) is 0 Å². The number of hydrogen-bond acceptors (Lipinski definition) is 8. The van der Waals surface area contributed by atoms with Crippen LogP contribution in [0.15, 0.2) is 52.9 Å². The van der Waals surface area contributed by atoms with Gasteiger partial charge in [0.15, 0.2) is 17.3 Å². The van der Waals surface area contributed by atoms with Gasteiger partial charge in [0, 0.05) is 11.8 Å². The fraction of sp³-hybridized carbons (Fsp3) is 0.158. The van der Waals surface area contributed by atoms with E-state index in [4.69, 9.17) is 9.47 Å². The molecule has 0 unspecified atom stereocenters. The number of benzene rings is 1. The highest BCUT2D eigenvalue weighted by Gasteiger charge is 2.13. The highest BCUT2D eigenvalue weighted by molar-refractivity contribution is 7.99. The summed E-state index contributed by atoms with van der Waals surface area (Å²) in [6.07, 6.45) is 0. The Kier molecular flexibility index (Phi) is 5.92. The van der Waals surface area contributed by atoms with Crippen LogP contribution < -0.4 is 20.1 Å². The summed E-state index contributed by atoms with van der Waals surface area (Å²) in [6, 6.07) is 12.2. The molecule has 0 aliphatic carbocycles. The smallest absolute Gasteiger partial charge is 0.266 e. The molecule has 0 saturated heterocycles. The number of hydrogen-bond donors (Lipinski definition) is 2. The molecule has 0 radical (unpaired) electrons. The van der Waals surface area contributed by atoms with Crippen molar-refractivity contribution in [3.05, 3.63) is 52.7 Å². The number of nitrogens with one attached hydrogen (secondary N) is 2. The van der Waals surface area contributed by atoms with E-state index < -0.39 is 0 Å². The average molecular weight is 428 g/mol. The molecule has 0 saturated carbocycles. The van der Waals surface area contributed by atoms with Crippen molar-refractivity contribution in [3.8, 4) is 11.5 Å². The predicted molar refractivity (Wildman–Crippen MR) is 111 cm³/mol. The van der Waals surface area contributed by atoms with Crippen molar-refractivity contribution >= 4 is 46.4 Å². The maximum atomic E-state index is 12.2. The summed E-state index contributed by atoms with van der Waals surface area (Å²) < 4.78 is 11.0. The van der Waals surface area contributed by atoms with Gasteiger partial charge in [-0.2, -0.15) is 0 Å². The van der Waals surface area contributed by atoms with Gasteiger partial charge in [-0.1, -0.05) is 17.8 Å². The number of carbonyl (C=O) groups is 2. The van der Waals surface area contributed by atoms with Gasteiger partial charge < -0.3 is 20.1 Å². The van der Waals surface area contributed by atoms with E-state index in [0.717, 1.165) is 0 Å². The first-order valence-electron chi connectivity index (χ1n) is 8.68. The number of thioether (sulfide) groups is 1. The first-order valence-corrected chi connectivity index (χ1v) is 10.5. The van der Waals surface area contributed by atoms with Gasteiger partial charge in [0.2, 0.25) is 5.91 Å². The summed E-state index contributed by atoms with van der Waals surface area (Å²) in [6.45, 7) is 1.01. The quantitative estimate of drug-likeness (QED) is 0.581. The molecular weight excluding hydrogens is 412 g/mol. The molecule has 4 rings (SSSR count). The van der Waals surface area contributed by atoms with E-state index in [1.165, 1.54) is 23.1 Å². The van der Waals surface area contributed by atoms with E-state index in [0.29, 0.717) is 46.1 Å². The molecule has 1 aromatic carbocycles. The zero-order valence-corrected chi connectivity index (χ0v) is 16.7. The van der Waals surface area contributed by atoms with Crippen molar-refractivity contribution in [2.24, 2.45) is 0 Å². The molecule has 3 aromatic rings. The summed E-state index contributed by atoms with van der Waals surface area (Å²) in [5.41, 5.74) is 0.637. The molecule has 0 atom stereocenters. The average Bonchev–Trinajstić information content (AvgIpc) is 3.28. The predicted octanol–water partition coefficient (Wildman–Crippen LogP) is 3.29. The SMILES string of the molecule is O=C(CSc1ccc(NC(=O)c2cccs2)nn1)Nc1ccc2c(c1)OCCO2. The maximum absolute atomic E-state index is 12.2. The summed E-state index contributed by atoms with van der Waals surface area (Å²) in [5, 5.41) is 15.9. The second-order valence-electron chi connectivity index (χ2n) is 5.88. The highest BCUT2D eigenvalue weighted by atomic mass is 32.2. The fourth-order valence-electron chi connectivity index (χ4n) is 2.51. The molecule has 0 spiro atoms. The summed E-state index contributed by atoms with van der Waals surface area (Å²) in [4.78, 5) is 24.8. The molecular formula is C19H16N4O4S2. The summed E-state index contributed by atoms with van der Waals surface area (Å²) in [7, 11) is 0. The Morgan fingerprint density at radius 1 is 1.03 bits per heavy atom. The van der Waals surface area contributed by atoms with Gasteiger partial charge in [-0.15, -0.1) is 21.5 Å². The molecule has 2 aromatic heterocycles. The van der Waals surface area contributed by atoms with E-state index in [9.17, 15) is 9.59 Å². The number of aromatic nitrogens is 2. The van der Waals surface area contributed by atoms with Crippen LogP contribution in [0.5, 0.6) is 11.5 Å². The number of carbonyl (C=O) groups excluding carboxylic acids is 2. The molecule has 148 valence electrons. The van der Waals surface area contributed by atoms with Gasteiger partial charge in [0.05, 0.1) is 10.6 Å². The molecule has 1 aliphatic heterocycles. The van der Waals surface area contributed by atoms with Crippen molar-refractivity contribution in [1.82, 2.24) is 10.2 Å². The Morgan fingerprint density at radius 2 is 1.90 bits per heavy atom. The second kappa shape index (κ2) is 8.93. The molecule has 29 heavy (non-hydrogen) atoms. The lowest BCUT2D eigenvalue weighted by Gasteiger charge is -2.18. The van der Waals surface area contributed by atoms with Gasteiger partial charge in [-0.05, 0) is 35.7 Å². The minimum atomic E-state index is -0.228. The van der Waals surface area contributed by atoms with Crippen LogP contribution in [-0.2, 0) is 4.79 Å². The van der Waals surface area contributed by atoms with Crippen LogP contribution in [0, 0.1) is 0 Å². The van der Waals surface area contributed by atoms with E-state index in [2.05, 4.69) is 20.8 Å². The number of amides is 2. The third-order valence-electron chi connectivity index (χ3n) is 3.80. The van der Waals surface area contributed by atoms with Crippen LogP contribution in [0.4, 0.5) is 11.5 Å².